The molecule has 0 aliphatic carbocycles. The summed E-state index contributed by atoms with van der Waals surface area (Å²) in [7, 11) is 0. The Bertz CT molecular complexity index is 601. The zero-order valence-corrected chi connectivity index (χ0v) is 10.5. The summed E-state index contributed by atoms with van der Waals surface area (Å²) in [6.45, 7) is 0. The fourth-order valence-corrected chi connectivity index (χ4v) is 2.22. The number of aliphatic hydroxyl groups excluding tert-OH is 1. The molecule has 0 aliphatic rings. The average molecular weight is 313 g/mol. The van der Waals surface area contributed by atoms with Gasteiger partial charge in [-0.05, 0) is 12.1 Å². The van der Waals surface area contributed by atoms with Crippen LogP contribution < -0.4 is 0 Å². The number of aliphatic hydroxyl groups is 1. The smallest absolute Gasteiger partial charge is 0.379 e. The minimum Gasteiger partial charge on any atom is -0.379 e. The van der Waals surface area contributed by atoms with Gasteiger partial charge in [0, 0.05) is 0 Å². The number of halogens is 5. The molecule has 102 valence electrons. The van der Waals surface area contributed by atoms with Gasteiger partial charge >= 0.3 is 6.18 Å². The maximum Gasteiger partial charge on any atom is 0.427 e. The van der Waals surface area contributed by atoms with Gasteiger partial charge in [-0.1, -0.05) is 11.6 Å². The Morgan fingerprint density at radius 2 is 2.00 bits per heavy atom. The second kappa shape index (κ2) is 5.03. The van der Waals surface area contributed by atoms with Crippen molar-refractivity contribution in [2.24, 2.45) is 0 Å². The van der Waals surface area contributed by atoms with Gasteiger partial charge in [-0.15, -0.1) is 11.3 Å². The van der Waals surface area contributed by atoms with E-state index in [1.165, 1.54) is 0 Å². The largest absolute Gasteiger partial charge is 0.427 e. The number of hydrogen-bond donors (Lipinski definition) is 1. The first-order chi connectivity index (χ1) is 8.79. The molecule has 2 aromatic rings. The van der Waals surface area contributed by atoms with Gasteiger partial charge in [0.15, 0.2) is 6.10 Å². The van der Waals surface area contributed by atoms with E-state index in [0.717, 1.165) is 12.1 Å². The second-order valence-electron chi connectivity index (χ2n) is 3.46. The summed E-state index contributed by atoms with van der Waals surface area (Å²) in [6.07, 6.45) is -5.68. The summed E-state index contributed by atoms with van der Waals surface area (Å²) in [5.41, 5.74) is -0.462. The minimum absolute atomic E-state index is 0.0805. The molecule has 19 heavy (non-hydrogen) atoms. The molecule has 0 radical (unpaired) electrons. The second-order valence-corrected chi connectivity index (χ2v) is 4.91. The molecule has 1 atom stereocenters. The Hall–Kier alpha value is -1.25. The summed E-state index contributed by atoms with van der Waals surface area (Å²) in [6, 6.07) is 2.13. The molecule has 2 rings (SSSR count). The van der Waals surface area contributed by atoms with Crippen LogP contribution in [0.5, 0.6) is 0 Å². The van der Waals surface area contributed by atoms with Gasteiger partial charge in [-0.2, -0.15) is 13.2 Å². The Morgan fingerprint density at radius 3 is 2.58 bits per heavy atom. The minimum atomic E-state index is -4.56. The molecule has 0 spiro atoms. The van der Waals surface area contributed by atoms with Crippen LogP contribution in [0.4, 0.5) is 17.6 Å². The molecule has 0 aliphatic heterocycles. The van der Waals surface area contributed by atoms with Crippen molar-refractivity contribution < 1.29 is 22.7 Å². The summed E-state index contributed by atoms with van der Waals surface area (Å²) < 4.78 is 50.6. The van der Waals surface area contributed by atoms with Crippen molar-refractivity contribution in [3.05, 3.63) is 44.9 Å². The molecule has 3 nitrogen and oxygen atoms in total. The van der Waals surface area contributed by atoms with Crippen LogP contribution in [0.2, 0.25) is 5.15 Å². The molecule has 9 heteroatoms. The summed E-state index contributed by atoms with van der Waals surface area (Å²) >= 11 is 5.76. The quantitative estimate of drug-likeness (QED) is 0.682. The molecule has 2 heterocycles. The van der Waals surface area contributed by atoms with E-state index in [2.05, 4.69) is 9.97 Å². The summed E-state index contributed by atoms with van der Waals surface area (Å²) in [5, 5.41) is 9.41. The number of rotatable bonds is 2. The van der Waals surface area contributed by atoms with Crippen molar-refractivity contribution in [1.29, 1.82) is 0 Å². The molecule has 0 saturated carbocycles. The van der Waals surface area contributed by atoms with Crippen molar-refractivity contribution in [3.63, 3.8) is 0 Å². The van der Waals surface area contributed by atoms with Crippen LogP contribution >= 0.6 is 22.9 Å². The molecule has 2 aromatic heterocycles. The van der Waals surface area contributed by atoms with Crippen LogP contribution in [0, 0.1) is 5.82 Å². The third kappa shape index (κ3) is 3.02. The molecule has 0 fully saturated rings. The lowest BCUT2D eigenvalue weighted by molar-refractivity contribution is -0.134. The monoisotopic (exact) mass is 312 g/mol. The number of thiazole rings is 1. The van der Waals surface area contributed by atoms with Crippen molar-refractivity contribution in [2.75, 3.05) is 0 Å². The number of aromatic nitrogens is 2. The third-order valence-electron chi connectivity index (χ3n) is 2.14. The Labute approximate surface area is 113 Å². The lowest BCUT2D eigenvalue weighted by atomic mass is 10.2. The molecular formula is C10H5ClF4N2OS. The number of nitrogens with zero attached hydrogens (tertiary/aromatic N) is 2. The first-order valence-corrected chi connectivity index (χ1v) is 6.01. The molecule has 0 bridgehead atoms. The Kier molecular flexibility index (Phi) is 3.75. The van der Waals surface area contributed by atoms with Crippen LogP contribution in [0.15, 0.2) is 18.3 Å². The van der Waals surface area contributed by atoms with Gasteiger partial charge in [-0.3, -0.25) is 0 Å². The van der Waals surface area contributed by atoms with E-state index in [1.54, 1.807) is 0 Å². The highest BCUT2D eigenvalue weighted by Crippen LogP contribution is 2.36. The standard InChI is InChI=1S/C10H5ClF4N2OS/c11-6-2-1-4(12)7(17-6)8(18)9-16-3-5(19-9)10(13,14)15/h1-3,8,18H. The first-order valence-electron chi connectivity index (χ1n) is 4.82. The highest BCUT2D eigenvalue weighted by Gasteiger charge is 2.34. The van der Waals surface area contributed by atoms with Crippen molar-refractivity contribution in [2.45, 2.75) is 12.3 Å². The van der Waals surface area contributed by atoms with E-state index in [-0.39, 0.29) is 21.5 Å². The molecule has 0 aromatic carbocycles. The molecule has 0 saturated heterocycles. The van der Waals surface area contributed by atoms with E-state index in [1.807, 2.05) is 0 Å². The lowest BCUT2D eigenvalue weighted by Crippen LogP contribution is -2.05. The predicted octanol–water partition coefficient (Wildman–Crippen LogP) is 3.43. The van der Waals surface area contributed by atoms with Crippen LogP contribution in [0.3, 0.4) is 0 Å². The fourth-order valence-electron chi connectivity index (χ4n) is 1.29. The van der Waals surface area contributed by atoms with Gasteiger partial charge in [0.1, 0.15) is 26.5 Å². The van der Waals surface area contributed by atoms with Crippen molar-refractivity contribution in [3.8, 4) is 0 Å². The highest BCUT2D eigenvalue weighted by molar-refractivity contribution is 7.11. The number of hydrogen-bond acceptors (Lipinski definition) is 4. The Balaban J connectivity index is 2.36. The molecule has 1 unspecified atom stereocenters. The van der Waals surface area contributed by atoms with Crippen molar-refractivity contribution >= 4 is 22.9 Å². The predicted molar refractivity (Wildman–Crippen MR) is 60.4 cm³/mol. The van der Waals surface area contributed by atoms with E-state index in [9.17, 15) is 22.7 Å². The van der Waals surface area contributed by atoms with E-state index in [4.69, 9.17) is 11.6 Å². The SMILES string of the molecule is OC(c1ncc(C(F)(F)F)s1)c1nc(Cl)ccc1F. The normalized spacial score (nSPS) is 13.6. The average Bonchev–Trinajstić information content (AvgIpc) is 2.80. The molecular weight excluding hydrogens is 308 g/mol. The fraction of sp³-hybridized carbons (Fsp3) is 0.200. The van der Waals surface area contributed by atoms with E-state index >= 15 is 0 Å². The van der Waals surface area contributed by atoms with Gasteiger partial charge in [0.2, 0.25) is 0 Å². The van der Waals surface area contributed by atoms with Gasteiger partial charge in [0.05, 0.1) is 6.20 Å². The van der Waals surface area contributed by atoms with Gasteiger partial charge in [0.25, 0.3) is 0 Å². The molecule has 0 amide bonds. The summed E-state index contributed by atoms with van der Waals surface area (Å²) in [4.78, 5) is 5.99. The zero-order valence-electron chi connectivity index (χ0n) is 8.95. The summed E-state index contributed by atoms with van der Waals surface area (Å²) in [5.74, 6) is -0.874. The van der Waals surface area contributed by atoms with Crippen molar-refractivity contribution in [1.82, 2.24) is 9.97 Å². The van der Waals surface area contributed by atoms with Crippen LogP contribution in [-0.4, -0.2) is 15.1 Å². The van der Waals surface area contributed by atoms with E-state index in [0.29, 0.717) is 6.20 Å². The van der Waals surface area contributed by atoms with E-state index < -0.39 is 28.7 Å². The zero-order chi connectivity index (χ0) is 14.2. The third-order valence-corrected chi connectivity index (χ3v) is 3.44. The highest BCUT2D eigenvalue weighted by atomic mass is 35.5. The van der Waals surface area contributed by atoms with Crippen LogP contribution in [-0.2, 0) is 6.18 Å². The maximum absolute atomic E-state index is 13.4. The number of alkyl halides is 3. The lowest BCUT2D eigenvalue weighted by Gasteiger charge is -2.08. The topological polar surface area (TPSA) is 46.0 Å². The van der Waals surface area contributed by atoms with Gasteiger partial charge in [-0.25, -0.2) is 14.4 Å². The Morgan fingerprint density at radius 1 is 1.32 bits per heavy atom. The first kappa shape index (κ1) is 14.2. The molecule has 1 N–H and O–H groups in total. The number of pyridine rings is 1. The maximum atomic E-state index is 13.4. The van der Waals surface area contributed by atoms with Crippen LogP contribution in [0.1, 0.15) is 21.7 Å². The van der Waals surface area contributed by atoms with Gasteiger partial charge < -0.3 is 5.11 Å². The van der Waals surface area contributed by atoms with Crippen LogP contribution in [0.25, 0.3) is 0 Å².